The summed E-state index contributed by atoms with van der Waals surface area (Å²) in [5.74, 6) is 4.42. The quantitative estimate of drug-likeness (QED) is 0.863. The molecule has 0 aliphatic carbocycles. The minimum atomic E-state index is -3.68. The monoisotopic (exact) mass is 347 g/mol. The van der Waals surface area contributed by atoms with Crippen LogP contribution in [0.25, 0.3) is 0 Å². The summed E-state index contributed by atoms with van der Waals surface area (Å²) in [6.07, 6.45) is 0. The molecule has 0 unspecified atom stereocenters. The first kappa shape index (κ1) is 17.1. The normalized spacial score (nSPS) is 10.5. The lowest BCUT2D eigenvalue weighted by atomic mass is 10.2. The highest BCUT2D eigenvalue weighted by Gasteiger charge is 2.18. The Morgan fingerprint density at radius 2 is 1.70 bits per heavy atom. The third-order valence-corrected chi connectivity index (χ3v) is 4.76. The van der Waals surface area contributed by atoms with Gasteiger partial charge in [0.2, 0.25) is 5.91 Å². The number of benzene rings is 2. The summed E-state index contributed by atoms with van der Waals surface area (Å²) in [5, 5.41) is 2.91. The Kier molecular flexibility index (Phi) is 5.80. The molecule has 0 heterocycles. The smallest absolute Gasteiger partial charge is 0.236 e. The van der Waals surface area contributed by atoms with Gasteiger partial charge >= 0.3 is 0 Å². The molecule has 0 fully saturated rings. The number of nitrogens with one attached hydrogen (secondary N) is 1. The van der Waals surface area contributed by atoms with Crippen LogP contribution < -0.4 is 5.32 Å². The number of hydrogen-bond acceptors (Lipinski definition) is 3. The zero-order valence-electron chi connectivity index (χ0n) is 12.1. The van der Waals surface area contributed by atoms with Crippen LogP contribution in [0.1, 0.15) is 5.56 Å². The third kappa shape index (κ3) is 5.44. The molecular formula is C17H14ClNO3S. The number of carbonyl (C=O) groups excluding carboxylic acids is 1. The topological polar surface area (TPSA) is 63.2 Å². The van der Waals surface area contributed by atoms with Gasteiger partial charge < -0.3 is 5.32 Å². The van der Waals surface area contributed by atoms with Gasteiger partial charge in [-0.1, -0.05) is 41.6 Å². The standard InChI is InChI=1S/C17H14ClNO3S/c18-15-8-10-16(11-9-15)23(21,22)13-17(20)19-12-4-7-14-5-2-1-3-6-14/h1-3,5-6,8-11H,12-13H2,(H,19,20). The van der Waals surface area contributed by atoms with E-state index in [4.69, 9.17) is 11.6 Å². The van der Waals surface area contributed by atoms with Crippen molar-refractivity contribution in [3.05, 3.63) is 65.2 Å². The lowest BCUT2D eigenvalue weighted by Crippen LogP contribution is -2.30. The van der Waals surface area contributed by atoms with E-state index in [9.17, 15) is 13.2 Å². The van der Waals surface area contributed by atoms with Crippen molar-refractivity contribution in [3.63, 3.8) is 0 Å². The van der Waals surface area contributed by atoms with Crippen molar-refractivity contribution in [2.24, 2.45) is 0 Å². The lowest BCUT2D eigenvalue weighted by Gasteiger charge is -2.04. The van der Waals surface area contributed by atoms with Crippen molar-refractivity contribution in [1.29, 1.82) is 0 Å². The minimum Gasteiger partial charge on any atom is -0.344 e. The second kappa shape index (κ2) is 7.82. The molecule has 0 atom stereocenters. The molecule has 2 rings (SSSR count). The third-order valence-electron chi connectivity index (χ3n) is 2.87. The summed E-state index contributed by atoms with van der Waals surface area (Å²) < 4.78 is 24.1. The summed E-state index contributed by atoms with van der Waals surface area (Å²) in [5.41, 5.74) is 0.829. The van der Waals surface area contributed by atoms with Crippen molar-refractivity contribution in [2.75, 3.05) is 12.3 Å². The van der Waals surface area contributed by atoms with E-state index in [0.29, 0.717) is 5.02 Å². The molecule has 1 N–H and O–H groups in total. The fourth-order valence-electron chi connectivity index (χ4n) is 1.76. The first-order valence-corrected chi connectivity index (χ1v) is 8.79. The Morgan fingerprint density at radius 3 is 2.35 bits per heavy atom. The molecular weight excluding hydrogens is 334 g/mol. The van der Waals surface area contributed by atoms with E-state index in [-0.39, 0.29) is 11.4 Å². The predicted molar refractivity (Wildman–Crippen MR) is 89.8 cm³/mol. The van der Waals surface area contributed by atoms with E-state index in [2.05, 4.69) is 17.2 Å². The van der Waals surface area contributed by atoms with Crippen LogP contribution in [-0.4, -0.2) is 26.6 Å². The van der Waals surface area contributed by atoms with Gasteiger partial charge in [0.25, 0.3) is 0 Å². The Bertz CT molecular complexity index is 835. The fraction of sp³-hybridized carbons (Fsp3) is 0.118. The first-order chi connectivity index (χ1) is 11.0. The molecule has 6 heteroatoms. The molecule has 0 bridgehead atoms. The largest absolute Gasteiger partial charge is 0.344 e. The molecule has 0 aliphatic heterocycles. The van der Waals surface area contributed by atoms with Crippen molar-refractivity contribution >= 4 is 27.3 Å². The number of rotatable bonds is 4. The van der Waals surface area contributed by atoms with Gasteiger partial charge in [0, 0.05) is 10.6 Å². The van der Waals surface area contributed by atoms with Crippen LogP contribution in [0.15, 0.2) is 59.5 Å². The summed E-state index contributed by atoms with van der Waals surface area (Å²) in [4.78, 5) is 11.8. The number of halogens is 1. The van der Waals surface area contributed by atoms with Crippen molar-refractivity contribution in [2.45, 2.75) is 4.90 Å². The molecule has 2 aromatic carbocycles. The zero-order chi connectivity index (χ0) is 16.7. The van der Waals surface area contributed by atoms with Gasteiger partial charge in [-0.15, -0.1) is 0 Å². The van der Waals surface area contributed by atoms with Crippen LogP contribution >= 0.6 is 11.6 Å². The Labute approximate surface area is 140 Å². The van der Waals surface area contributed by atoms with Crippen LogP contribution in [-0.2, 0) is 14.6 Å². The highest BCUT2D eigenvalue weighted by atomic mass is 35.5. The van der Waals surface area contributed by atoms with Crippen molar-refractivity contribution in [3.8, 4) is 11.8 Å². The molecule has 0 spiro atoms. The highest BCUT2D eigenvalue weighted by Crippen LogP contribution is 2.15. The molecule has 2 aromatic rings. The number of sulfone groups is 1. The Morgan fingerprint density at radius 1 is 1.04 bits per heavy atom. The van der Waals surface area contributed by atoms with Gasteiger partial charge in [-0.25, -0.2) is 8.42 Å². The van der Waals surface area contributed by atoms with Gasteiger partial charge in [-0.3, -0.25) is 4.79 Å². The first-order valence-electron chi connectivity index (χ1n) is 6.76. The van der Waals surface area contributed by atoms with E-state index in [0.717, 1.165) is 5.56 Å². The lowest BCUT2D eigenvalue weighted by molar-refractivity contribution is -0.118. The molecule has 0 radical (unpaired) electrons. The summed E-state index contributed by atoms with van der Waals surface area (Å²) in [7, 11) is -3.68. The molecule has 4 nitrogen and oxygen atoms in total. The number of carbonyl (C=O) groups is 1. The summed E-state index contributed by atoms with van der Waals surface area (Å²) >= 11 is 5.71. The van der Waals surface area contributed by atoms with Crippen LogP contribution in [0.3, 0.4) is 0 Å². The van der Waals surface area contributed by atoms with Gasteiger partial charge in [0.1, 0.15) is 5.75 Å². The molecule has 0 aliphatic rings. The summed E-state index contributed by atoms with van der Waals surface area (Å²) in [6, 6.07) is 15.0. The minimum absolute atomic E-state index is 0.0624. The predicted octanol–water partition coefficient (Wildman–Crippen LogP) is 2.28. The molecule has 0 aromatic heterocycles. The van der Waals surface area contributed by atoms with Gasteiger partial charge in [-0.05, 0) is 36.4 Å². The number of hydrogen-bond donors (Lipinski definition) is 1. The van der Waals surface area contributed by atoms with E-state index in [1.54, 1.807) is 0 Å². The average Bonchev–Trinajstić information content (AvgIpc) is 2.52. The second-order valence-electron chi connectivity index (χ2n) is 4.66. The Balaban J connectivity index is 1.89. The van der Waals surface area contributed by atoms with E-state index < -0.39 is 21.5 Å². The van der Waals surface area contributed by atoms with Crippen LogP contribution in [0.5, 0.6) is 0 Å². The van der Waals surface area contributed by atoms with Crippen molar-refractivity contribution in [1.82, 2.24) is 5.32 Å². The fourth-order valence-corrected chi connectivity index (χ4v) is 3.05. The SMILES string of the molecule is O=C(CS(=O)(=O)c1ccc(Cl)cc1)NCC#Cc1ccccc1. The van der Waals surface area contributed by atoms with Crippen molar-refractivity contribution < 1.29 is 13.2 Å². The molecule has 0 saturated heterocycles. The zero-order valence-corrected chi connectivity index (χ0v) is 13.7. The Hall–Kier alpha value is -2.29. The second-order valence-corrected chi connectivity index (χ2v) is 7.08. The van der Waals surface area contributed by atoms with E-state index in [1.807, 2.05) is 30.3 Å². The summed E-state index contributed by atoms with van der Waals surface area (Å²) in [6.45, 7) is 0.0872. The number of amides is 1. The van der Waals surface area contributed by atoms with Gasteiger partial charge in [-0.2, -0.15) is 0 Å². The van der Waals surface area contributed by atoms with E-state index >= 15 is 0 Å². The van der Waals surface area contributed by atoms with E-state index in [1.165, 1.54) is 24.3 Å². The molecule has 0 saturated carbocycles. The van der Waals surface area contributed by atoms with Gasteiger partial charge in [0.15, 0.2) is 9.84 Å². The molecule has 1 amide bonds. The van der Waals surface area contributed by atoms with Crippen LogP contribution in [0.4, 0.5) is 0 Å². The molecule has 118 valence electrons. The van der Waals surface area contributed by atoms with Crippen LogP contribution in [0.2, 0.25) is 5.02 Å². The maximum absolute atomic E-state index is 12.1. The maximum Gasteiger partial charge on any atom is 0.236 e. The molecule has 23 heavy (non-hydrogen) atoms. The average molecular weight is 348 g/mol. The maximum atomic E-state index is 12.1. The van der Waals surface area contributed by atoms with Gasteiger partial charge in [0.05, 0.1) is 11.4 Å². The highest BCUT2D eigenvalue weighted by molar-refractivity contribution is 7.92. The van der Waals surface area contributed by atoms with Crippen LogP contribution in [0, 0.1) is 11.8 Å².